The first-order valence-corrected chi connectivity index (χ1v) is 8.32. The van der Waals surface area contributed by atoms with Crippen LogP contribution in [-0.4, -0.2) is 50.0 Å². The Balaban J connectivity index is 1.99. The number of hydrogen-bond donors (Lipinski definition) is 2. The van der Waals surface area contributed by atoms with Crippen molar-refractivity contribution in [3.63, 3.8) is 0 Å². The molecule has 0 aromatic heterocycles. The summed E-state index contributed by atoms with van der Waals surface area (Å²) in [6, 6.07) is -0.0407. The molecular formula is C11H24N4O2S. The maximum Gasteiger partial charge on any atom is 0.292 e. The van der Waals surface area contributed by atoms with Gasteiger partial charge in [-0.15, -0.1) is 4.83 Å². The minimum Gasteiger partial charge on any atom is -0.329 e. The average molecular weight is 276 g/mol. The second-order valence-electron chi connectivity index (χ2n) is 5.14. The maximum absolute atomic E-state index is 12.3. The van der Waals surface area contributed by atoms with E-state index in [1.807, 2.05) is 5.01 Å². The van der Waals surface area contributed by atoms with Gasteiger partial charge in [0, 0.05) is 32.2 Å². The molecule has 0 aliphatic carbocycles. The van der Waals surface area contributed by atoms with Crippen molar-refractivity contribution in [3.05, 3.63) is 0 Å². The van der Waals surface area contributed by atoms with E-state index >= 15 is 0 Å². The summed E-state index contributed by atoms with van der Waals surface area (Å²) in [6.07, 6.45) is 6.17. The SMILES string of the molecule is NCC1CCCCN1S(=O)(=O)NN1CCCCC1. The van der Waals surface area contributed by atoms with Gasteiger partial charge in [-0.25, -0.2) is 5.01 Å². The van der Waals surface area contributed by atoms with Crippen LogP contribution >= 0.6 is 0 Å². The summed E-state index contributed by atoms with van der Waals surface area (Å²) < 4.78 is 26.2. The highest BCUT2D eigenvalue weighted by Crippen LogP contribution is 2.19. The number of nitrogens with zero attached hydrogens (tertiary/aromatic N) is 2. The largest absolute Gasteiger partial charge is 0.329 e. The van der Waals surface area contributed by atoms with E-state index in [9.17, 15) is 8.42 Å². The molecule has 1 atom stereocenters. The molecule has 2 rings (SSSR count). The summed E-state index contributed by atoms with van der Waals surface area (Å²) in [6.45, 7) is 2.60. The summed E-state index contributed by atoms with van der Waals surface area (Å²) in [5.41, 5.74) is 5.68. The second-order valence-corrected chi connectivity index (χ2v) is 6.74. The third-order valence-corrected chi connectivity index (χ3v) is 5.34. The number of hydrogen-bond acceptors (Lipinski definition) is 4. The van der Waals surface area contributed by atoms with Crippen molar-refractivity contribution in [2.45, 2.75) is 44.6 Å². The van der Waals surface area contributed by atoms with E-state index in [1.54, 1.807) is 4.31 Å². The van der Waals surface area contributed by atoms with E-state index in [1.165, 1.54) is 6.42 Å². The zero-order valence-electron chi connectivity index (χ0n) is 10.8. The summed E-state index contributed by atoms with van der Waals surface area (Å²) >= 11 is 0. The Kier molecular flexibility index (Phi) is 4.97. The van der Waals surface area contributed by atoms with Gasteiger partial charge in [0.1, 0.15) is 0 Å². The molecule has 0 aromatic rings. The standard InChI is InChI=1S/C11H24N4O2S/c12-10-11-6-2-5-9-15(11)18(16,17)13-14-7-3-1-4-8-14/h11,13H,1-10,12H2. The van der Waals surface area contributed by atoms with Gasteiger partial charge in [0.15, 0.2) is 0 Å². The minimum absolute atomic E-state index is 0.0407. The van der Waals surface area contributed by atoms with E-state index in [2.05, 4.69) is 4.83 Å². The molecule has 0 spiro atoms. The lowest BCUT2D eigenvalue weighted by Gasteiger charge is -2.36. The maximum atomic E-state index is 12.3. The van der Waals surface area contributed by atoms with Gasteiger partial charge in [0.25, 0.3) is 10.2 Å². The molecule has 3 N–H and O–H groups in total. The van der Waals surface area contributed by atoms with Crippen LogP contribution in [0, 0.1) is 0 Å². The van der Waals surface area contributed by atoms with Gasteiger partial charge in [-0.3, -0.25) is 0 Å². The molecule has 6 nitrogen and oxygen atoms in total. The first kappa shape index (κ1) is 14.2. The van der Waals surface area contributed by atoms with Crippen LogP contribution in [0.15, 0.2) is 0 Å². The zero-order valence-corrected chi connectivity index (χ0v) is 11.7. The monoisotopic (exact) mass is 276 g/mol. The Morgan fingerprint density at radius 3 is 2.39 bits per heavy atom. The van der Waals surface area contributed by atoms with E-state index in [-0.39, 0.29) is 6.04 Å². The van der Waals surface area contributed by atoms with Crippen molar-refractivity contribution in [3.8, 4) is 0 Å². The number of piperidine rings is 2. The van der Waals surface area contributed by atoms with Gasteiger partial charge < -0.3 is 5.73 Å². The summed E-state index contributed by atoms with van der Waals surface area (Å²) in [5, 5.41) is 1.82. The summed E-state index contributed by atoms with van der Waals surface area (Å²) in [4.78, 5) is 2.71. The minimum atomic E-state index is -3.41. The predicted octanol–water partition coefficient (Wildman–Crippen LogP) is 0.0349. The third-order valence-electron chi connectivity index (χ3n) is 3.75. The highest BCUT2D eigenvalue weighted by atomic mass is 32.2. The van der Waals surface area contributed by atoms with E-state index < -0.39 is 10.2 Å². The number of hydrazine groups is 1. The van der Waals surface area contributed by atoms with Crippen LogP contribution in [0.2, 0.25) is 0 Å². The lowest BCUT2D eigenvalue weighted by Crippen LogP contribution is -2.56. The van der Waals surface area contributed by atoms with Crippen molar-refractivity contribution in [1.82, 2.24) is 14.1 Å². The van der Waals surface area contributed by atoms with Crippen LogP contribution in [0.5, 0.6) is 0 Å². The van der Waals surface area contributed by atoms with Crippen molar-refractivity contribution >= 4 is 10.2 Å². The normalized spacial score (nSPS) is 28.4. The fraction of sp³-hybridized carbons (Fsp3) is 1.00. The first-order valence-electron chi connectivity index (χ1n) is 6.88. The highest BCUT2D eigenvalue weighted by Gasteiger charge is 2.32. The molecule has 106 valence electrons. The molecule has 2 heterocycles. The Bertz CT molecular complexity index is 354. The lowest BCUT2D eigenvalue weighted by molar-refractivity contribution is 0.182. The molecular weight excluding hydrogens is 252 g/mol. The Hall–Kier alpha value is -0.210. The Labute approximate surface area is 110 Å². The summed E-state index contributed by atoms with van der Waals surface area (Å²) in [5.74, 6) is 0. The predicted molar refractivity (Wildman–Crippen MR) is 70.9 cm³/mol. The van der Waals surface area contributed by atoms with Crippen molar-refractivity contribution in [2.75, 3.05) is 26.2 Å². The molecule has 2 aliphatic heterocycles. The molecule has 1 unspecified atom stereocenters. The van der Waals surface area contributed by atoms with Gasteiger partial charge in [-0.2, -0.15) is 12.7 Å². The van der Waals surface area contributed by atoms with Gasteiger partial charge >= 0.3 is 0 Å². The smallest absolute Gasteiger partial charge is 0.292 e. The molecule has 2 aliphatic rings. The molecule has 2 saturated heterocycles. The topological polar surface area (TPSA) is 78.7 Å². The van der Waals surface area contributed by atoms with E-state index in [0.29, 0.717) is 13.1 Å². The molecule has 18 heavy (non-hydrogen) atoms. The van der Waals surface area contributed by atoms with Crippen LogP contribution in [0.25, 0.3) is 0 Å². The van der Waals surface area contributed by atoms with Crippen molar-refractivity contribution in [2.24, 2.45) is 5.73 Å². The molecule has 0 bridgehead atoms. The third kappa shape index (κ3) is 3.42. The van der Waals surface area contributed by atoms with Gasteiger partial charge in [0.05, 0.1) is 0 Å². The van der Waals surface area contributed by atoms with Crippen LogP contribution in [0.4, 0.5) is 0 Å². The number of rotatable bonds is 4. The quantitative estimate of drug-likeness (QED) is 0.759. The van der Waals surface area contributed by atoms with Crippen LogP contribution in [0.1, 0.15) is 38.5 Å². The molecule has 0 amide bonds. The second kappa shape index (κ2) is 6.29. The molecule has 7 heteroatoms. The Morgan fingerprint density at radius 2 is 1.72 bits per heavy atom. The van der Waals surface area contributed by atoms with Crippen LogP contribution in [-0.2, 0) is 10.2 Å². The van der Waals surface area contributed by atoms with Crippen molar-refractivity contribution < 1.29 is 8.42 Å². The van der Waals surface area contributed by atoms with Gasteiger partial charge in [0.2, 0.25) is 0 Å². The molecule has 0 aromatic carbocycles. The molecule has 0 saturated carbocycles. The number of nitrogens with two attached hydrogens (primary N) is 1. The fourth-order valence-electron chi connectivity index (χ4n) is 2.73. The molecule has 0 radical (unpaired) electrons. The van der Waals surface area contributed by atoms with Crippen molar-refractivity contribution in [1.29, 1.82) is 0 Å². The summed E-state index contributed by atoms with van der Waals surface area (Å²) in [7, 11) is -3.41. The highest BCUT2D eigenvalue weighted by molar-refractivity contribution is 7.87. The molecule has 2 fully saturated rings. The van der Waals surface area contributed by atoms with Gasteiger partial charge in [-0.1, -0.05) is 12.8 Å². The zero-order chi connectivity index (χ0) is 13.0. The first-order chi connectivity index (χ1) is 8.63. The van der Waals surface area contributed by atoms with E-state index in [0.717, 1.165) is 45.2 Å². The van der Waals surface area contributed by atoms with Crippen LogP contribution in [0.3, 0.4) is 0 Å². The van der Waals surface area contributed by atoms with Gasteiger partial charge in [-0.05, 0) is 25.7 Å². The lowest BCUT2D eigenvalue weighted by atomic mass is 10.1. The Morgan fingerprint density at radius 1 is 1.06 bits per heavy atom. The number of nitrogens with one attached hydrogen (secondary N) is 1. The average Bonchev–Trinajstić information content (AvgIpc) is 2.39. The van der Waals surface area contributed by atoms with Crippen LogP contribution < -0.4 is 10.6 Å². The van der Waals surface area contributed by atoms with E-state index in [4.69, 9.17) is 5.73 Å². The fourth-order valence-corrected chi connectivity index (χ4v) is 4.29.